The van der Waals surface area contributed by atoms with Gasteiger partial charge in [-0.15, -0.1) is 10.2 Å². The van der Waals surface area contributed by atoms with Crippen LogP contribution in [0.1, 0.15) is 44.3 Å². The summed E-state index contributed by atoms with van der Waals surface area (Å²) in [7, 11) is 1.62. The summed E-state index contributed by atoms with van der Waals surface area (Å²) in [5.41, 5.74) is 1.79. The first-order valence-electron chi connectivity index (χ1n) is 10.2. The molecular weight excluding hydrogens is 492 g/mol. The predicted octanol–water partition coefficient (Wildman–Crippen LogP) is 5.81. The molecule has 0 saturated carbocycles. The minimum Gasteiger partial charge on any atom is -0.497 e. The highest BCUT2D eigenvalue weighted by Gasteiger charge is 2.22. The Balaban J connectivity index is 1.69. The van der Waals surface area contributed by atoms with Crippen LogP contribution in [-0.4, -0.2) is 33.5 Å². The Morgan fingerprint density at radius 1 is 1.16 bits per heavy atom. The molecule has 0 aliphatic carbocycles. The Morgan fingerprint density at radius 2 is 1.91 bits per heavy atom. The Labute approximate surface area is 201 Å². The molecule has 3 rings (SSSR count). The highest BCUT2D eigenvalue weighted by molar-refractivity contribution is 9.10. The van der Waals surface area contributed by atoms with Crippen molar-refractivity contribution < 1.29 is 14.3 Å². The fraction of sp³-hybridized carbons (Fsp3) is 0.348. The van der Waals surface area contributed by atoms with E-state index in [9.17, 15) is 4.79 Å². The van der Waals surface area contributed by atoms with Gasteiger partial charge in [0.1, 0.15) is 11.5 Å². The van der Waals surface area contributed by atoms with Crippen LogP contribution < -0.4 is 14.8 Å². The molecule has 32 heavy (non-hydrogen) atoms. The molecular formula is C23H27BrN4O3S. The van der Waals surface area contributed by atoms with Crippen molar-refractivity contribution in [1.29, 1.82) is 0 Å². The third-order valence-electron chi connectivity index (χ3n) is 4.72. The zero-order chi connectivity index (χ0) is 23.3. The van der Waals surface area contributed by atoms with E-state index in [0.29, 0.717) is 16.7 Å². The van der Waals surface area contributed by atoms with E-state index in [4.69, 9.17) is 9.47 Å². The van der Waals surface area contributed by atoms with Crippen LogP contribution in [0.5, 0.6) is 11.5 Å². The minimum atomic E-state index is -0.328. The van der Waals surface area contributed by atoms with Crippen LogP contribution in [0.25, 0.3) is 0 Å². The number of amides is 1. The van der Waals surface area contributed by atoms with Gasteiger partial charge in [0.15, 0.2) is 17.1 Å². The molecule has 0 saturated heterocycles. The molecule has 1 N–H and O–H groups in total. The topological polar surface area (TPSA) is 78.3 Å². The van der Waals surface area contributed by atoms with Gasteiger partial charge in [-0.25, -0.2) is 0 Å². The lowest BCUT2D eigenvalue weighted by Crippen LogP contribution is -2.17. The summed E-state index contributed by atoms with van der Waals surface area (Å²) in [6.07, 6.45) is -0.328. The molecule has 2 aromatic carbocycles. The molecule has 0 aliphatic rings. The Hall–Kier alpha value is -2.52. The average molecular weight is 519 g/mol. The maximum atomic E-state index is 12.5. The lowest BCUT2D eigenvalue weighted by molar-refractivity contribution is -0.113. The first kappa shape index (κ1) is 24.1. The zero-order valence-electron chi connectivity index (χ0n) is 18.8. The minimum absolute atomic E-state index is 0.0963. The number of hydrogen-bond donors (Lipinski definition) is 1. The summed E-state index contributed by atoms with van der Waals surface area (Å²) in [4.78, 5) is 12.5. The monoisotopic (exact) mass is 518 g/mol. The average Bonchev–Trinajstić information content (AvgIpc) is 3.19. The number of aryl methyl sites for hydroxylation is 1. The second-order valence-corrected chi connectivity index (χ2v) is 9.40. The van der Waals surface area contributed by atoms with Crippen LogP contribution in [0, 0.1) is 6.92 Å². The highest BCUT2D eigenvalue weighted by atomic mass is 79.9. The summed E-state index contributed by atoms with van der Waals surface area (Å²) in [5.74, 6) is 2.25. The number of rotatable bonds is 9. The molecule has 1 atom stereocenters. The van der Waals surface area contributed by atoms with Crippen LogP contribution in [0.15, 0.2) is 52.1 Å². The second kappa shape index (κ2) is 10.9. The van der Waals surface area contributed by atoms with Gasteiger partial charge >= 0.3 is 0 Å². The fourth-order valence-corrected chi connectivity index (χ4v) is 4.51. The van der Waals surface area contributed by atoms with Gasteiger partial charge in [0, 0.05) is 22.3 Å². The second-order valence-electron chi connectivity index (χ2n) is 7.54. The molecule has 0 spiro atoms. The van der Waals surface area contributed by atoms with Crippen LogP contribution in [0.4, 0.5) is 5.69 Å². The summed E-state index contributed by atoms with van der Waals surface area (Å²) in [6, 6.07) is 13.3. The van der Waals surface area contributed by atoms with Gasteiger partial charge in [0.05, 0.1) is 12.9 Å². The number of halogens is 1. The number of aromatic nitrogens is 3. The van der Waals surface area contributed by atoms with Crippen molar-refractivity contribution in [2.24, 2.45) is 0 Å². The van der Waals surface area contributed by atoms with E-state index >= 15 is 0 Å². The first-order valence-corrected chi connectivity index (χ1v) is 12.0. The molecule has 9 heteroatoms. The van der Waals surface area contributed by atoms with Crippen molar-refractivity contribution in [3.63, 3.8) is 0 Å². The number of thioether (sulfide) groups is 1. The lowest BCUT2D eigenvalue weighted by Gasteiger charge is -2.19. The Bertz CT molecular complexity index is 1090. The molecule has 0 bridgehead atoms. The number of anilines is 1. The van der Waals surface area contributed by atoms with E-state index in [0.717, 1.165) is 21.5 Å². The van der Waals surface area contributed by atoms with E-state index in [1.807, 2.05) is 60.9 Å². The van der Waals surface area contributed by atoms with Gasteiger partial charge < -0.3 is 19.4 Å². The number of benzene rings is 2. The van der Waals surface area contributed by atoms with Gasteiger partial charge in [-0.2, -0.15) is 0 Å². The smallest absolute Gasteiger partial charge is 0.234 e. The standard InChI is InChI=1S/C23H27BrN4O3S/c1-14(2)28-22(16(4)31-19-8-6-7-18(12-19)30-5)26-27-23(28)32-13-21(29)25-20-10-9-17(24)11-15(20)3/h6-12,14,16H,13H2,1-5H3,(H,25,29). The van der Waals surface area contributed by atoms with Crippen LogP contribution >= 0.6 is 27.7 Å². The maximum Gasteiger partial charge on any atom is 0.234 e. The normalized spacial score (nSPS) is 12.0. The third-order valence-corrected chi connectivity index (χ3v) is 6.16. The Morgan fingerprint density at radius 3 is 2.59 bits per heavy atom. The van der Waals surface area contributed by atoms with Gasteiger partial charge in [0.25, 0.3) is 0 Å². The largest absolute Gasteiger partial charge is 0.497 e. The molecule has 1 unspecified atom stereocenters. The van der Waals surface area contributed by atoms with Crippen molar-refractivity contribution >= 4 is 39.3 Å². The molecule has 0 radical (unpaired) electrons. The molecule has 1 aromatic heterocycles. The van der Waals surface area contributed by atoms with Crippen LogP contribution in [0.2, 0.25) is 0 Å². The SMILES string of the molecule is COc1cccc(OC(C)c2nnc(SCC(=O)Nc3ccc(Br)cc3C)n2C(C)C)c1. The number of ether oxygens (including phenoxy) is 2. The number of nitrogens with zero attached hydrogens (tertiary/aromatic N) is 3. The molecule has 1 amide bonds. The quantitative estimate of drug-likeness (QED) is 0.360. The highest BCUT2D eigenvalue weighted by Crippen LogP contribution is 2.29. The lowest BCUT2D eigenvalue weighted by atomic mass is 10.2. The first-order chi connectivity index (χ1) is 15.3. The predicted molar refractivity (Wildman–Crippen MR) is 131 cm³/mol. The summed E-state index contributed by atoms with van der Waals surface area (Å²) in [6.45, 7) is 8.00. The third kappa shape index (κ3) is 6.04. The van der Waals surface area contributed by atoms with E-state index in [-0.39, 0.29) is 23.8 Å². The number of carbonyl (C=O) groups excluding carboxylic acids is 1. The molecule has 0 fully saturated rings. The summed E-state index contributed by atoms with van der Waals surface area (Å²) >= 11 is 4.79. The van der Waals surface area contributed by atoms with Crippen LogP contribution in [-0.2, 0) is 4.79 Å². The molecule has 170 valence electrons. The fourth-order valence-electron chi connectivity index (χ4n) is 3.16. The van der Waals surface area contributed by atoms with Crippen molar-refractivity contribution in [3.05, 3.63) is 58.3 Å². The van der Waals surface area contributed by atoms with E-state index in [1.165, 1.54) is 11.8 Å². The van der Waals surface area contributed by atoms with Crippen molar-refractivity contribution in [2.45, 2.75) is 45.0 Å². The molecule has 0 aliphatic heterocycles. The number of methoxy groups -OCH3 is 1. The van der Waals surface area contributed by atoms with Gasteiger partial charge in [0.2, 0.25) is 5.91 Å². The number of nitrogens with one attached hydrogen (secondary N) is 1. The van der Waals surface area contributed by atoms with Gasteiger partial charge in [-0.3, -0.25) is 4.79 Å². The van der Waals surface area contributed by atoms with Gasteiger partial charge in [-0.05, 0) is 63.6 Å². The Kier molecular flexibility index (Phi) is 8.20. The molecule has 7 nitrogen and oxygen atoms in total. The van der Waals surface area contributed by atoms with E-state index in [2.05, 4.69) is 45.3 Å². The molecule has 3 aromatic rings. The van der Waals surface area contributed by atoms with E-state index < -0.39 is 0 Å². The van der Waals surface area contributed by atoms with Crippen LogP contribution in [0.3, 0.4) is 0 Å². The maximum absolute atomic E-state index is 12.5. The molecule has 1 heterocycles. The number of carbonyl (C=O) groups is 1. The van der Waals surface area contributed by atoms with Crippen molar-refractivity contribution in [3.8, 4) is 11.5 Å². The van der Waals surface area contributed by atoms with Gasteiger partial charge in [-0.1, -0.05) is 33.8 Å². The summed E-state index contributed by atoms with van der Waals surface area (Å²) in [5, 5.41) is 12.3. The number of hydrogen-bond acceptors (Lipinski definition) is 6. The summed E-state index contributed by atoms with van der Waals surface area (Å²) < 4.78 is 14.3. The van der Waals surface area contributed by atoms with E-state index in [1.54, 1.807) is 7.11 Å². The zero-order valence-corrected chi connectivity index (χ0v) is 21.2. The van der Waals surface area contributed by atoms with Crippen molar-refractivity contribution in [2.75, 3.05) is 18.2 Å². The van der Waals surface area contributed by atoms with Crippen molar-refractivity contribution in [1.82, 2.24) is 14.8 Å².